The fraction of sp³-hybridized carbons (Fsp3) is 0.455. The van der Waals surface area contributed by atoms with E-state index in [9.17, 15) is 19.6 Å². The van der Waals surface area contributed by atoms with Crippen molar-refractivity contribution in [2.45, 2.75) is 51.4 Å². The molecule has 3 aromatic carbocycles. The molecule has 0 saturated carbocycles. The second-order valence-electron chi connectivity index (χ2n) is 11.6. The van der Waals surface area contributed by atoms with Gasteiger partial charge in [0.05, 0.1) is 0 Å². The smallest absolute Gasteiger partial charge is 0.423 e. The quantitative estimate of drug-likeness (QED) is 0.168. The lowest BCUT2D eigenvalue weighted by Crippen LogP contribution is -2.41. The number of anilines is 1. The van der Waals surface area contributed by atoms with Crippen molar-refractivity contribution in [3.8, 4) is 0 Å². The van der Waals surface area contributed by atoms with Crippen LogP contribution < -0.4 is 10.4 Å². The summed E-state index contributed by atoms with van der Waals surface area (Å²) in [6, 6.07) is 16.8. The van der Waals surface area contributed by atoms with Gasteiger partial charge in [0.15, 0.2) is 6.29 Å². The van der Waals surface area contributed by atoms with Crippen LogP contribution in [0, 0.1) is 0 Å². The second-order valence-corrected chi connectivity index (χ2v) is 11.6. The third-order valence-electron chi connectivity index (χ3n) is 8.44. The largest absolute Gasteiger partial charge is 0.488 e. The van der Waals surface area contributed by atoms with E-state index in [0.29, 0.717) is 42.8 Å². The van der Waals surface area contributed by atoms with E-state index in [4.69, 9.17) is 9.47 Å². The van der Waals surface area contributed by atoms with Gasteiger partial charge in [-0.3, -0.25) is 14.5 Å². The molecule has 2 N–H and O–H groups in total. The molecule has 1 saturated heterocycles. The van der Waals surface area contributed by atoms with Gasteiger partial charge in [-0.25, -0.2) is 0 Å². The monoisotopic (exact) mass is 587 g/mol. The van der Waals surface area contributed by atoms with Crippen LogP contribution in [0.3, 0.4) is 0 Å². The zero-order valence-corrected chi connectivity index (χ0v) is 25.2. The van der Waals surface area contributed by atoms with Gasteiger partial charge in [0.2, 0.25) is 0 Å². The zero-order valence-electron chi connectivity index (χ0n) is 25.2. The Labute approximate surface area is 254 Å². The van der Waals surface area contributed by atoms with Crippen LogP contribution in [-0.4, -0.2) is 92.0 Å². The van der Waals surface area contributed by atoms with Crippen molar-refractivity contribution in [2.75, 3.05) is 51.8 Å². The van der Waals surface area contributed by atoms with Crippen LogP contribution in [0.25, 0.3) is 10.8 Å². The maximum absolute atomic E-state index is 13.5. The Hall–Kier alpha value is -3.28. The van der Waals surface area contributed by atoms with E-state index in [1.807, 2.05) is 56.6 Å². The lowest BCUT2D eigenvalue weighted by Gasteiger charge is -2.30. The molecule has 0 aromatic heterocycles. The molecule has 0 radical (unpaired) electrons. The minimum Gasteiger partial charge on any atom is -0.423 e. The van der Waals surface area contributed by atoms with Gasteiger partial charge >= 0.3 is 7.12 Å². The number of benzene rings is 3. The SMILES string of the molecule is CN(CCN(C)c1ccc2c3c(cccc13)C(=O)N(CCCCCOC1CCCCO1)C2=O)Cc1ccccc1B(O)O. The fourth-order valence-electron chi connectivity index (χ4n) is 6.01. The van der Waals surface area contributed by atoms with E-state index in [1.165, 1.54) is 4.90 Å². The first-order valence-corrected chi connectivity index (χ1v) is 15.3. The van der Waals surface area contributed by atoms with Crippen LogP contribution in [0.1, 0.15) is 64.8 Å². The maximum Gasteiger partial charge on any atom is 0.488 e. The third kappa shape index (κ3) is 7.28. The number of imide groups is 1. The van der Waals surface area contributed by atoms with Crippen molar-refractivity contribution >= 4 is 40.9 Å². The number of ether oxygens (including phenoxy) is 2. The number of rotatable bonds is 14. The Morgan fingerprint density at radius 3 is 2.49 bits per heavy atom. The molecule has 2 aliphatic rings. The molecular weight excluding hydrogens is 545 g/mol. The number of amides is 2. The third-order valence-corrected chi connectivity index (χ3v) is 8.44. The van der Waals surface area contributed by atoms with Crippen molar-refractivity contribution in [2.24, 2.45) is 0 Å². The normalized spacial score (nSPS) is 16.8. The Morgan fingerprint density at radius 2 is 1.72 bits per heavy atom. The summed E-state index contributed by atoms with van der Waals surface area (Å²) in [6.07, 6.45) is 5.55. The minimum absolute atomic E-state index is 0.0924. The van der Waals surface area contributed by atoms with Crippen LogP contribution in [0.5, 0.6) is 0 Å². The highest BCUT2D eigenvalue weighted by Crippen LogP contribution is 2.35. The first kappa shape index (κ1) is 31.2. The van der Waals surface area contributed by atoms with E-state index in [2.05, 4.69) is 9.80 Å². The van der Waals surface area contributed by atoms with Gasteiger partial charge in [-0.15, -0.1) is 0 Å². The molecule has 1 fully saturated rings. The van der Waals surface area contributed by atoms with Crippen molar-refractivity contribution < 1.29 is 29.1 Å². The predicted molar refractivity (Wildman–Crippen MR) is 169 cm³/mol. The van der Waals surface area contributed by atoms with Crippen molar-refractivity contribution in [3.05, 3.63) is 71.3 Å². The van der Waals surface area contributed by atoms with Crippen molar-refractivity contribution in [1.29, 1.82) is 0 Å². The fourth-order valence-corrected chi connectivity index (χ4v) is 6.01. The molecule has 3 aromatic rings. The highest BCUT2D eigenvalue weighted by Gasteiger charge is 2.33. The number of unbranched alkanes of at least 4 members (excludes halogenated alkanes) is 2. The van der Waals surface area contributed by atoms with Gasteiger partial charge in [-0.2, -0.15) is 0 Å². The molecule has 0 spiro atoms. The number of carbonyl (C=O) groups excluding carboxylic acids is 2. The molecule has 2 aliphatic heterocycles. The Balaban J connectivity index is 1.19. The van der Waals surface area contributed by atoms with Gasteiger partial charge < -0.3 is 29.3 Å². The molecule has 1 unspecified atom stereocenters. The summed E-state index contributed by atoms with van der Waals surface area (Å²) in [5.74, 6) is -0.474. The van der Waals surface area contributed by atoms with Crippen LogP contribution in [0.15, 0.2) is 54.6 Å². The molecule has 0 aliphatic carbocycles. The molecule has 9 nitrogen and oxygen atoms in total. The molecule has 2 amide bonds. The Bertz CT molecular complexity index is 1400. The molecule has 43 heavy (non-hydrogen) atoms. The summed E-state index contributed by atoms with van der Waals surface area (Å²) in [5.41, 5.74) is 3.46. The van der Waals surface area contributed by atoms with E-state index >= 15 is 0 Å². The highest BCUT2D eigenvalue weighted by molar-refractivity contribution is 6.59. The summed E-state index contributed by atoms with van der Waals surface area (Å²) in [5, 5.41) is 21.0. The first-order chi connectivity index (χ1) is 20.8. The molecular formula is C33H42BN3O6. The van der Waals surface area contributed by atoms with Gasteiger partial charge in [0.1, 0.15) is 0 Å². The average Bonchev–Trinajstić information content (AvgIpc) is 3.02. The summed E-state index contributed by atoms with van der Waals surface area (Å²) in [4.78, 5) is 32.6. The average molecular weight is 588 g/mol. The number of likely N-dealkylation sites (N-methyl/N-ethyl adjacent to an activating group) is 2. The van der Waals surface area contributed by atoms with E-state index in [0.717, 1.165) is 73.7 Å². The van der Waals surface area contributed by atoms with Crippen LogP contribution in [0.2, 0.25) is 0 Å². The molecule has 10 heteroatoms. The second kappa shape index (κ2) is 14.5. The molecule has 5 rings (SSSR count). The lowest BCUT2D eigenvalue weighted by atomic mass is 9.77. The maximum atomic E-state index is 13.5. The number of hydrogen-bond donors (Lipinski definition) is 2. The summed E-state index contributed by atoms with van der Waals surface area (Å²) < 4.78 is 11.4. The number of carbonyl (C=O) groups is 2. The van der Waals surface area contributed by atoms with Crippen LogP contribution in [0.4, 0.5) is 5.69 Å². The molecule has 1 atom stereocenters. The topological polar surface area (TPSA) is 103 Å². The molecule has 228 valence electrons. The standard InChI is InChI=1S/C33H42BN3O6/c1-35(23-24-11-4-5-14-28(24)34(40)41)19-20-36(2)29-17-16-27-31-25(29)12-10-13-26(31)32(38)37(33(27)39)18-7-3-8-21-42-30-15-6-9-22-43-30/h4-5,10-14,16-17,30,40-41H,3,6-9,15,18-23H2,1-2H3. The van der Waals surface area contributed by atoms with E-state index in [1.54, 1.807) is 12.1 Å². The van der Waals surface area contributed by atoms with Crippen LogP contribution >= 0.6 is 0 Å². The summed E-state index contributed by atoms with van der Waals surface area (Å²) in [7, 11) is 2.50. The van der Waals surface area contributed by atoms with Gasteiger partial charge in [-0.1, -0.05) is 36.4 Å². The summed E-state index contributed by atoms with van der Waals surface area (Å²) >= 11 is 0. The summed E-state index contributed by atoms with van der Waals surface area (Å²) in [6.45, 7) is 3.77. The molecule has 2 heterocycles. The van der Waals surface area contributed by atoms with Crippen LogP contribution in [-0.2, 0) is 16.0 Å². The highest BCUT2D eigenvalue weighted by atomic mass is 16.7. The predicted octanol–water partition coefficient (Wildman–Crippen LogP) is 3.40. The molecule has 0 bridgehead atoms. The van der Waals surface area contributed by atoms with Gasteiger partial charge in [0, 0.05) is 74.0 Å². The first-order valence-electron chi connectivity index (χ1n) is 15.3. The number of hydrogen-bond acceptors (Lipinski definition) is 8. The van der Waals surface area contributed by atoms with E-state index in [-0.39, 0.29) is 18.1 Å². The van der Waals surface area contributed by atoms with E-state index < -0.39 is 7.12 Å². The zero-order chi connectivity index (χ0) is 30.3. The van der Waals surface area contributed by atoms with Crippen molar-refractivity contribution in [1.82, 2.24) is 9.80 Å². The van der Waals surface area contributed by atoms with Crippen molar-refractivity contribution in [3.63, 3.8) is 0 Å². The van der Waals surface area contributed by atoms with Gasteiger partial charge in [-0.05, 0) is 74.8 Å². The number of nitrogens with zero attached hydrogens (tertiary/aromatic N) is 3. The minimum atomic E-state index is -1.51. The Morgan fingerprint density at radius 1 is 0.930 bits per heavy atom. The lowest BCUT2D eigenvalue weighted by molar-refractivity contribution is -0.162. The van der Waals surface area contributed by atoms with Gasteiger partial charge in [0.25, 0.3) is 11.8 Å². The Kier molecular flexibility index (Phi) is 10.5.